The van der Waals surface area contributed by atoms with Crippen LogP contribution in [0.1, 0.15) is 35.2 Å². The number of esters is 1. The number of piperidine rings is 1. The Morgan fingerprint density at radius 2 is 1.79 bits per heavy atom. The maximum absolute atomic E-state index is 12.1. The normalized spacial score (nSPS) is 13.6. The van der Waals surface area contributed by atoms with Crippen molar-refractivity contribution in [1.82, 2.24) is 0 Å². The number of aryl methyl sites for hydroxylation is 1. The number of nitrogens with one attached hydrogen (secondary N) is 1. The first-order valence-electron chi connectivity index (χ1n) is 9.51. The summed E-state index contributed by atoms with van der Waals surface area (Å²) >= 11 is 0. The lowest BCUT2D eigenvalue weighted by atomic mass is 10.1. The first-order chi connectivity index (χ1) is 13.9. The molecule has 1 saturated heterocycles. The fourth-order valence-corrected chi connectivity index (χ4v) is 3.31. The topological polar surface area (TPSA) is 102 Å². The number of hydrogen-bond donors (Lipinski definition) is 1. The van der Waals surface area contributed by atoms with Crippen molar-refractivity contribution in [2.45, 2.75) is 26.2 Å². The van der Waals surface area contributed by atoms with E-state index in [9.17, 15) is 19.7 Å². The zero-order chi connectivity index (χ0) is 20.8. The zero-order valence-corrected chi connectivity index (χ0v) is 16.2. The first kappa shape index (κ1) is 20.3. The number of nitro groups is 1. The van der Waals surface area contributed by atoms with Crippen LogP contribution in [0.25, 0.3) is 0 Å². The Morgan fingerprint density at radius 1 is 1.10 bits per heavy atom. The van der Waals surface area contributed by atoms with Crippen molar-refractivity contribution in [3.63, 3.8) is 0 Å². The van der Waals surface area contributed by atoms with Crippen LogP contribution in [0.5, 0.6) is 0 Å². The van der Waals surface area contributed by atoms with Crippen molar-refractivity contribution >= 4 is 28.9 Å². The molecular formula is C21H23N3O5. The van der Waals surface area contributed by atoms with Gasteiger partial charge >= 0.3 is 5.97 Å². The van der Waals surface area contributed by atoms with Crippen LogP contribution < -0.4 is 10.2 Å². The zero-order valence-electron chi connectivity index (χ0n) is 16.2. The summed E-state index contributed by atoms with van der Waals surface area (Å²) in [5.74, 6) is -1.17. The van der Waals surface area contributed by atoms with Gasteiger partial charge in [-0.25, -0.2) is 4.79 Å². The maximum atomic E-state index is 12.1. The van der Waals surface area contributed by atoms with Gasteiger partial charge in [-0.1, -0.05) is 0 Å². The minimum absolute atomic E-state index is 0.0766. The molecule has 1 aliphatic heterocycles. The molecule has 8 nitrogen and oxygen atoms in total. The second kappa shape index (κ2) is 9.18. The van der Waals surface area contributed by atoms with Crippen molar-refractivity contribution in [1.29, 1.82) is 0 Å². The van der Waals surface area contributed by atoms with Crippen molar-refractivity contribution in [3.8, 4) is 0 Å². The molecule has 8 heteroatoms. The highest BCUT2D eigenvalue weighted by Gasteiger charge is 2.16. The highest BCUT2D eigenvalue weighted by molar-refractivity contribution is 5.95. The predicted octanol–water partition coefficient (Wildman–Crippen LogP) is 3.69. The second-order valence-corrected chi connectivity index (χ2v) is 6.98. The van der Waals surface area contributed by atoms with Crippen LogP contribution in [0.15, 0.2) is 42.5 Å². The number of carbonyl (C=O) groups excluding carboxylic acids is 2. The van der Waals surface area contributed by atoms with Gasteiger partial charge in [0.05, 0.1) is 10.5 Å². The van der Waals surface area contributed by atoms with Gasteiger partial charge in [-0.3, -0.25) is 14.9 Å². The van der Waals surface area contributed by atoms with E-state index in [1.54, 1.807) is 0 Å². The molecule has 2 aromatic rings. The van der Waals surface area contributed by atoms with Gasteiger partial charge in [-0.05, 0) is 62.6 Å². The van der Waals surface area contributed by atoms with Crippen molar-refractivity contribution in [2.75, 3.05) is 29.9 Å². The molecule has 2 aromatic carbocycles. The van der Waals surface area contributed by atoms with Gasteiger partial charge in [-0.15, -0.1) is 0 Å². The number of rotatable bonds is 6. The Kier molecular flexibility index (Phi) is 6.43. The summed E-state index contributed by atoms with van der Waals surface area (Å²) in [5, 5.41) is 13.5. The highest BCUT2D eigenvalue weighted by atomic mass is 16.6. The van der Waals surface area contributed by atoms with E-state index in [0.29, 0.717) is 11.3 Å². The number of nitrogens with zero attached hydrogens (tertiary/aromatic N) is 2. The number of carbonyl (C=O) groups is 2. The summed E-state index contributed by atoms with van der Waals surface area (Å²) in [4.78, 5) is 36.8. The number of hydrogen-bond acceptors (Lipinski definition) is 6. The molecule has 1 amide bonds. The van der Waals surface area contributed by atoms with Crippen LogP contribution in [-0.4, -0.2) is 36.5 Å². The van der Waals surface area contributed by atoms with Gasteiger partial charge in [0.2, 0.25) is 0 Å². The molecule has 1 heterocycles. The van der Waals surface area contributed by atoms with Crippen LogP contribution >= 0.6 is 0 Å². The number of ether oxygens (including phenoxy) is 1. The standard InChI is InChI=1S/C21H23N3O5/c1-15-13-16(5-10-19(15)24(27)28)21(26)29-14-20(25)22-17-6-8-18(9-7-17)23-11-3-2-4-12-23/h5-10,13H,2-4,11-12,14H2,1H3,(H,22,25). The SMILES string of the molecule is Cc1cc(C(=O)OCC(=O)Nc2ccc(N3CCCCC3)cc2)ccc1[N+](=O)[O-]. The first-order valence-corrected chi connectivity index (χ1v) is 9.51. The quantitative estimate of drug-likeness (QED) is 0.453. The number of nitro benzene ring substituents is 1. The molecule has 3 rings (SSSR count). The Labute approximate surface area is 168 Å². The highest BCUT2D eigenvalue weighted by Crippen LogP contribution is 2.22. The van der Waals surface area contributed by atoms with Crippen LogP contribution in [0, 0.1) is 17.0 Å². The van der Waals surface area contributed by atoms with Crippen LogP contribution in [0.2, 0.25) is 0 Å². The second-order valence-electron chi connectivity index (χ2n) is 6.98. The monoisotopic (exact) mass is 397 g/mol. The lowest BCUT2D eigenvalue weighted by molar-refractivity contribution is -0.385. The number of benzene rings is 2. The molecule has 1 N–H and O–H groups in total. The lowest BCUT2D eigenvalue weighted by Gasteiger charge is -2.28. The van der Waals surface area contributed by atoms with Crippen molar-refractivity contribution in [3.05, 3.63) is 63.7 Å². The molecule has 1 aliphatic rings. The molecule has 0 aliphatic carbocycles. The molecule has 0 bridgehead atoms. The summed E-state index contributed by atoms with van der Waals surface area (Å²) in [5.41, 5.74) is 2.18. The third-order valence-electron chi connectivity index (χ3n) is 4.84. The van der Waals surface area contributed by atoms with E-state index >= 15 is 0 Å². The van der Waals surface area contributed by atoms with E-state index in [0.717, 1.165) is 18.8 Å². The average Bonchev–Trinajstić information content (AvgIpc) is 2.73. The molecule has 0 saturated carbocycles. The minimum atomic E-state index is -0.710. The van der Waals surface area contributed by atoms with Crippen LogP contribution in [-0.2, 0) is 9.53 Å². The van der Waals surface area contributed by atoms with Gasteiger partial charge in [0.15, 0.2) is 6.61 Å². The van der Waals surface area contributed by atoms with Gasteiger partial charge in [0.1, 0.15) is 0 Å². The van der Waals surface area contributed by atoms with Gasteiger partial charge < -0.3 is 15.0 Å². The molecule has 0 unspecified atom stereocenters. The molecule has 29 heavy (non-hydrogen) atoms. The Morgan fingerprint density at radius 3 is 2.41 bits per heavy atom. The van der Waals surface area contributed by atoms with Crippen LogP contribution in [0.4, 0.5) is 17.1 Å². The van der Waals surface area contributed by atoms with E-state index in [4.69, 9.17) is 4.74 Å². The third-order valence-corrected chi connectivity index (χ3v) is 4.84. The Bertz CT molecular complexity index is 905. The van der Waals surface area contributed by atoms with Gasteiger partial charge in [0, 0.05) is 36.1 Å². The van der Waals surface area contributed by atoms with E-state index in [1.807, 2.05) is 24.3 Å². The fourth-order valence-electron chi connectivity index (χ4n) is 3.31. The molecule has 152 valence electrons. The van der Waals surface area contributed by atoms with E-state index in [2.05, 4.69) is 10.2 Å². The summed E-state index contributed by atoms with van der Waals surface area (Å²) in [7, 11) is 0. The molecule has 0 atom stereocenters. The third kappa shape index (κ3) is 5.31. The summed E-state index contributed by atoms with van der Waals surface area (Å²) in [6.07, 6.45) is 3.65. The summed E-state index contributed by atoms with van der Waals surface area (Å²) in [6.45, 7) is 3.19. The number of amides is 1. The molecule has 1 fully saturated rings. The Balaban J connectivity index is 1.51. The fraction of sp³-hybridized carbons (Fsp3) is 0.333. The summed E-state index contributed by atoms with van der Waals surface area (Å²) < 4.78 is 5.01. The molecule has 0 spiro atoms. The van der Waals surface area contributed by atoms with E-state index in [-0.39, 0.29) is 11.3 Å². The lowest BCUT2D eigenvalue weighted by Crippen LogP contribution is -2.29. The minimum Gasteiger partial charge on any atom is -0.452 e. The average molecular weight is 397 g/mol. The van der Waals surface area contributed by atoms with Gasteiger partial charge in [-0.2, -0.15) is 0 Å². The smallest absolute Gasteiger partial charge is 0.338 e. The van der Waals surface area contributed by atoms with E-state index < -0.39 is 23.4 Å². The largest absolute Gasteiger partial charge is 0.452 e. The molecule has 0 aromatic heterocycles. The molecule has 0 radical (unpaired) electrons. The maximum Gasteiger partial charge on any atom is 0.338 e. The molecular weight excluding hydrogens is 374 g/mol. The predicted molar refractivity (Wildman–Crippen MR) is 109 cm³/mol. The Hall–Kier alpha value is -3.42. The summed E-state index contributed by atoms with van der Waals surface area (Å²) in [6, 6.07) is 11.5. The number of anilines is 2. The van der Waals surface area contributed by atoms with Gasteiger partial charge in [0.25, 0.3) is 11.6 Å². The van der Waals surface area contributed by atoms with E-state index in [1.165, 1.54) is 44.4 Å². The van der Waals surface area contributed by atoms with Crippen molar-refractivity contribution in [2.24, 2.45) is 0 Å². The van der Waals surface area contributed by atoms with Crippen LogP contribution in [0.3, 0.4) is 0 Å². The van der Waals surface area contributed by atoms with Crippen molar-refractivity contribution < 1.29 is 19.2 Å².